The second kappa shape index (κ2) is 6.24. The lowest BCUT2D eigenvalue weighted by atomic mass is 9.96. The van der Waals surface area contributed by atoms with Crippen molar-refractivity contribution in [2.45, 2.75) is 45.1 Å². The Balaban J connectivity index is 2.07. The van der Waals surface area contributed by atoms with Gasteiger partial charge in [0, 0.05) is 11.6 Å². The largest absolute Gasteiger partial charge is 0.384 e. The van der Waals surface area contributed by atoms with Gasteiger partial charge in [-0.05, 0) is 30.9 Å². The maximum atomic E-state index is 12.2. The van der Waals surface area contributed by atoms with Gasteiger partial charge in [-0.2, -0.15) is 0 Å². The number of anilines is 1. The van der Waals surface area contributed by atoms with Crippen molar-refractivity contribution in [1.82, 2.24) is 10.3 Å². The van der Waals surface area contributed by atoms with Gasteiger partial charge in [-0.3, -0.25) is 4.79 Å². The zero-order valence-corrected chi connectivity index (χ0v) is 11.9. The van der Waals surface area contributed by atoms with Crippen LogP contribution in [-0.4, -0.2) is 16.9 Å². The predicted octanol–water partition coefficient (Wildman–Crippen LogP) is 3.02. The van der Waals surface area contributed by atoms with E-state index in [4.69, 9.17) is 17.3 Å². The van der Waals surface area contributed by atoms with E-state index in [0.29, 0.717) is 11.5 Å². The highest BCUT2D eigenvalue weighted by atomic mass is 35.5. The number of nitrogens with one attached hydrogen (secondary N) is 1. The van der Waals surface area contributed by atoms with E-state index >= 15 is 0 Å². The van der Waals surface area contributed by atoms with E-state index in [1.54, 1.807) is 12.1 Å². The number of carbonyl (C=O) groups excluding carboxylic acids is 1. The maximum absolute atomic E-state index is 12.2. The van der Waals surface area contributed by atoms with Crippen LogP contribution in [0.1, 0.15) is 49.4 Å². The highest BCUT2D eigenvalue weighted by Crippen LogP contribution is 2.23. The summed E-state index contributed by atoms with van der Waals surface area (Å²) in [5, 5.41) is 3.35. The first-order valence-electron chi connectivity index (χ1n) is 6.80. The zero-order valence-electron chi connectivity index (χ0n) is 11.2. The molecule has 0 aromatic carbocycles. The van der Waals surface area contributed by atoms with Crippen LogP contribution >= 0.6 is 11.6 Å². The van der Waals surface area contributed by atoms with Crippen molar-refractivity contribution in [3.8, 4) is 0 Å². The summed E-state index contributed by atoms with van der Waals surface area (Å²) in [4.78, 5) is 16.1. The molecule has 1 aliphatic rings. The van der Waals surface area contributed by atoms with Crippen LogP contribution in [0.4, 0.5) is 5.82 Å². The summed E-state index contributed by atoms with van der Waals surface area (Å²) in [7, 11) is 0. The van der Waals surface area contributed by atoms with Crippen LogP contribution in [0.25, 0.3) is 0 Å². The fourth-order valence-electron chi connectivity index (χ4n) is 2.61. The molecule has 104 valence electrons. The molecule has 1 aromatic rings. The smallest absolute Gasteiger partial charge is 0.251 e. The van der Waals surface area contributed by atoms with Crippen molar-refractivity contribution in [3.63, 3.8) is 0 Å². The van der Waals surface area contributed by atoms with Gasteiger partial charge in [0.15, 0.2) is 0 Å². The highest BCUT2D eigenvalue weighted by molar-refractivity contribution is 6.29. The molecule has 1 aliphatic carbocycles. The van der Waals surface area contributed by atoms with Gasteiger partial charge in [0.2, 0.25) is 0 Å². The maximum Gasteiger partial charge on any atom is 0.251 e. The molecule has 0 saturated heterocycles. The molecular weight excluding hydrogens is 262 g/mol. The number of nitrogens with zero attached hydrogens (tertiary/aromatic N) is 1. The summed E-state index contributed by atoms with van der Waals surface area (Å²) >= 11 is 5.82. The number of hydrogen-bond donors (Lipinski definition) is 2. The zero-order chi connectivity index (χ0) is 13.8. The number of pyridine rings is 1. The second-order valence-electron chi connectivity index (χ2n) is 5.30. The Hall–Kier alpha value is -1.29. The molecule has 5 heteroatoms. The van der Waals surface area contributed by atoms with Crippen molar-refractivity contribution in [3.05, 3.63) is 22.8 Å². The Morgan fingerprint density at radius 1 is 1.37 bits per heavy atom. The molecule has 0 bridgehead atoms. The topological polar surface area (TPSA) is 68.0 Å². The first-order valence-corrected chi connectivity index (χ1v) is 7.18. The minimum atomic E-state index is -0.116. The van der Waals surface area contributed by atoms with Crippen LogP contribution in [0.5, 0.6) is 0 Å². The van der Waals surface area contributed by atoms with Crippen LogP contribution in [0.15, 0.2) is 12.1 Å². The minimum absolute atomic E-state index is 0.116. The van der Waals surface area contributed by atoms with Crippen LogP contribution < -0.4 is 11.1 Å². The summed E-state index contributed by atoms with van der Waals surface area (Å²) < 4.78 is 0. The second-order valence-corrected chi connectivity index (χ2v) is 5.69. The molecule has 2 unspecified atom stereocenters. The van der Waals surface area contributed by atoms with Gasteiger partial charge in [0.05, 0.1) is 0 Å². The van der Waals surface area contributed by atoms with E-state index < -0.39 is 0 Å². The van der Waals surface area contributed by atoms with Crippen molar-refractivity contribution in [1.29, 1.82) is 0 Å². The SMILES string of the molecule is CC1CCCCCC1NC(=O)c1cc(N)nc(Cl)c1. The van der Waals surface area contributed by atoms with Gasteiger partial charge in [0.1, 0.15) is 11.0 Å². The molecule has 1 saturated carbocycles. The van der Waals surface area contributed by atoms with E-state index in [1.165, 1.54) is 25.7 Å². The Morgan fingerprint density at radius 2 is 2.11 bits per heavy atom. The number of nitrogens with two attached hydrogens (primary N) is 1. The number of nitrogen functional groups attached to an aromatic ring is 1. The van der Waals surface area contributed by atoms with E-state index in [-0.39, 0.29) is 22.9 Å². The van der Waals surface area contributed by atoms with Gasteiger partial charge in [-0.25, -0.2) is 4.98 Å². The summed E-state index contributed by atoms with van der Waals surface area (Å²) in [6.45, 7) is 2.20. The van der Waals surface area contributed by atoms with E-state index in [9.17, 15) is 4.79 Å². The number of rotatable bonds is 2. The molecule has 0 radical (unpaired) electrons. The lowest BCUT2D eigenvalue weighted by Gasteiger charge is -2.22. The third kappa shape index (κ3) is 3.83. The number of amides is 1. The van der Waals surface area contributed by atoms with Crippen LogP contribution in [0, 0.1) is 5.92 Å². The number of carbonyl (C=O) groups is 1. The van der Waals surface area contributed by atoms with E-state index in [1.807, 2.05) is 0 Å². The van der Waals surface area contributed by atoms with Crippen LogP contribution in [0.2, 0.25) is 5.15 Å². The number of hydrogen-bond acceptors (Lipinski definition) is 3. The third-order valence-corrected chi connectivity index (χ3v) is 3.95. The molecule has 2 rings (SSSR count). The average molecular weight is 282 g/mol. The van der Waals surface area contributed by atoms with E-state index in [2.05, 4.69) is 17.2 Å². The Labute approximate surface area is 118 Å². The number of halogens is 1. The van der Waals surface area contributed by atoms with Gasteiger partial charge in [-0.1, -0.05) is 37.8 Å². The molecule has 0 aliphatic heterocycles. The first-order chi connectivity index (χ1) is 9.06. The molecule has 1 fully saturated rings. The first kappa shape index (κ1) is 14.1. The molecule has 2 atom stereocenters. The highest BCUT2D eigenvalue weighted by Gasteiger charge is 2.22. The monoisotopic (exact) mass is 281 g/mol. The molecule has 3 N–H and O–H groups in total. The molecule has 4 nitrogen and oxygen atoms in total. The Kier molecular flexibility index (Phi) is 4.64. The summed E-state index contributed by atoms with van der Waals surface area (Å²) in [5.41, 5.74) is 6.09. The van der Waals surface area contributed by atoms with E-state index in [0.717, 1.165) is 6.42 Å². The molecule has 1 amide bonds. The molecule has 1 aromatic heterocycles. The van der Waals surface area contributed by atoms with Crippen LogP contribution in [0.3, 0.4) is 0 Å². The van der Waals surface area contributed by atoms with Gasteiger partial charge in [0.25, 0.3) is 5.91 Å². The molecule has 0 spiro atoms. The third-order valence-electron chi connectivity index (χ3n) is 3.75. The van der Waals surface area contributed by atoms with Crippen molar-refractivity contribution in [2.24, 2.45) is 5.92 Å². The van der Waals surface area contributed by atoms with Gasteiger partial charge >= 0.3 is 0 Å². The standard InChI is InChI=1S/C14H20ClN3O/c1-9-5-3-2-4-6-11(9)17-14(19)10-7-12(15)18-13(16)8-10/h7-9,11H,2-6H2,1H3,(H2,16,18)(H,17,19). The fourth-order valence-corrected chi connectivity index (χ4v) is 2.82. The number of aromatic nitrogens is 1. The molecular formula is C14H20ClN3O. The lowest BCUT2D eigenvalue weighted by molar-refractivity contribution is 0.0921. The Bertz CT molecular complexity index is 444. The van der Waals surface area contributed by atoms with Gasteiger partial charge < -0.3 is 11.1 Å². The predicted molar refractivity (Wildman–Crippen MR) is 77.2 cm³/mol. The average Bonchev–Trinajstić information content (AvgIpc) is 2.54. The summed E-state index contributed by atoms with van der Waals surface area (Å²) in [6, 6.07) is 3.35. The summed E-state index contributed by atoms with van der Waals surface area (Å²) in [5.74, 6) is 0.669. The minimum Gasteiger partial charge on any atom is -0.384 e. The van der Waals surface area contributed by atoms with Crippen molar-refractivity contribution in [2.75, 3.05) is 5.73 Å². The quantitative estimate of drug-likeness (QED) is 0.647. The van der Waals surface area contributed by atoms with Gasteiger partial charge in [-0.15, -0.1) is 0 Å². The van der Waals surface area contributed by atoms with Crippen LogP contribution in [-0.2, 0) is 0 Å². The normalized spacial score (nSPS) is 23.7. The molecule has 19 heavy (non-hydrogen) atoms. The fraction of sp³-hybridized carbons (Fsp3) is 0.571. The Morgan fingerprint density at radius 3 is 2.84 bits per heavy atom. The lowest BCUT2D eigenvalue weighted by Crippen LogP contribution is -2.38. The molecule has 1 heterocycles. The van der Waals surface area contributed by atoms with Crippen molar-refractivity contribution < 1.29 is 4.79 Å². The summed E-state index contributed by atoms with van der Waals surface area (Å²) in [6.07, 6.45) is 5.90. The van der Waals surface area contributed by atoms with Crippen molar-refractivity contribution >= 4 is 23.3 Å².